The van der Waals surface area contributed by atoms with E-state index >= 15 is 0 Å². The van der Waals surface area contributed by atoms with Crippen molar-refractivity contribution in [3.8, 4) is 23.0 Å². The van der Waals surface area contributed by atoms with E-state index in [0.29, 0.717) is 12.0 Å². The highest BCUT2D eigenvalue weighted by atomic mass is 15.4. The monoisotopic (exact) mass is 413 g/mol. The van der Waals surface area contributed by atoms with Gasteiger partial charge in [0.15, 0.2) is 11.6 Å². The summed E-state index contributed by atoms with van der Waals surface area (Å²) in [7, 11) is 0. The molecule has 5 heterocycles. The Balaban J connectivity index is 1.51. The molecule has 4 aromatic heterocycles. The largest absolute Gasteiger partial charge is 0.341 e. The second-order valence-electron chi connectivity index (χ2n) is 8.06. The van der Waals surface area contributed by atoms with Gasteiger partial charge in [0, 0.05) is 36.4 Å². The third-order valence-electron chi connectivity index (χ3n) is 6.35. The Morgan fingerprint density at radius 3 is 2.68 bits per heavy atom. The predicted octanol–water partition coefficient (Wildman–Crippen LogP) is 3.52. The highest BCUT2D eigenvalue weighted by Gasteiger charge is 2.38. The van der Waals surface area contributed by atoms with Gasteiger partial charge in [-0.3, -0.25) is 14.1 Å². The summed E-state index contributed by atoms with van der Waals surface area (Å²) >= 11 is 0. The van der Waals surface area contributed by atoms with Crippen molar-refractivity contribution < 1.29 is 0 Å². The molecule has 0 bridgehead atoms. The molecule has 0 saturated heterocycles. The van der Waals surface area contributed by atoms with Crippen molar-refractivity contribution in [1.29, 1.82) is 0 Å². The Morgan fingerprint density at radius 1 is 1.03 bits per heavy atom. The average molecular weight is 413 g/mol. The van der Waals surface area contributed by atoms with E-state index in [-0.39, 0.29) is 6.04 Å². The Hall–Kier alpha value is -3.62. The molecule has 9 nitrogen and oxygen atoms in total. The summed E-state index contributed by atoms with van der Waals surface area (Å²) in [6.07, 6.45) is 16.7. The van der Waals surface area contributed by atoms with Gasteiger partial charge in [0.05, 0.1) is 12.2 Å². The highest BCUT2D eigenvalue weighted by Crippen LogP contribution is 2.42. The molecule has 0 N–H and O–H groups in total. The summed E-state index contributed by atoms with van der Waals surface area (Å²) in [6.45, 7) is 2.20. The molecule has 0 radical (unpaired) electrons. The van der Waals surface area contributed by atoms with Crippen LogP contribution in [0.1, 0.15) is 50.9 Å². The maximum Gasteiger partial charge on any atom is 0.237 e. The van der Waals surface area contributed by atoms with E-state index in [1.165, 1.54) is 25.7 Å². The standard InChI is InChI=1S/C22H23N9/c1-2-17-21-28-26-14-30(21)18-13-25-22(27-20(18)31(17)16-5-3-4-6-16)29-12-11-24-19(29)15-7-9-23-10-8-15/h7-14,16-17H,2-6H2,1H3. The van der Waals surface area contributed by atoms with Gasteiger partial charge in [0.2, 0.25) is 5.95 Å². The van der Waals surface area contributed by atoms with E-state index < -0.39 is 0 Å². The van der Waals surface area contributed by atoms with Crippen LogP contribution in [0.15, 0.2) is 49.4 Å². The number of hydrogen-bond acceptors (Lipinski definition) is 7. The second-order valence-corrected chi connectivity index (χ2v) is 8.06. The van der Waals surface area contributed by atoms with Crippen LogP contribution in [0.4, 0.5) is 5.82 Å². The third kappa shape index (κ3) is 2.83. The van der Waals surface area contributed by atoms with Gasteiger partial charge in [-0.25, -0.2) is 9.97 Å². The minimum atomic E-state index is 0.156. The fraction of sp³-hybridized carbons (Fsp3) is 0.364. The number of anilines is 1. The molecular weight excluding hydrogens is 390 g/mol. The maximum atomic E-state index is 5.09. The molecular formula is C22H23N9. The molecule has 1 atom stereocenters. The highest BCUT2D eigenvalue weighted by molar-refractivity contribution is 5.63. The van der Waals surface area contributed by atoms with E-state index in [9.17, 15) is 0 Å². The van der Waals surface area contributed by atoms with E-state index in [0.717, 1.165) is 35.1 Å². The van der Waals surface area contributed by atoms with Gasteiger partial charge >= 0.3 is 0 Å². The van der Waals surface area contributed by atoms with Crippen LogP contribution < -0.4 is 4.90 Å². The molecule has 1 aliphatic heterocycles. The third-order valence-corrected chi connectivity index (χ3v) is 6.35. The minimum Gasteiger partial charge on any atom is -0.341 e. The predicted molar refractivity (Wildman–Crippen MR) is 115 cm³/mol. The van der Waals surface area contributed by atoms with E-state index in [2.05, 4.69) is 32.0 Å². The van der Waals surface area contributed by atoms with Crippen molar-refractivity contribution in [2.75, 3.05) is 4.90 Å². The van der Waals surface area contributed by atoms with Crippen molar-refractivity contribution >= 4 is 5.82 Å². The average Bonchev–Trinajstić information content (AvgIpc) is 3.59. The normalized spacial score (nSPS) is 18.2. The molecule has 1 saturated carbocycles. The lowest BCUT2D eigenvalue weighted by molar-refractivity contribution is 0.468. The zero-order valence-corrected chi connectivity index (χ0v) is 17.3. The van der Waals surface area contributed by atoms with Crippen molar-refractivity contribution in [2.45, 2.75) is 51.1 Å². The molecule has 0 aromatic carbocycles. The second kappa shape index (κ2) is 7.26. The van der Waals surface area contributed by atoms with Crippen molar-refractivity contribution in [3.05, 3.63) is 55.3 Å². The van der Waals surface area contributed by atoms with Gasteiger partial charge in [0.1, 0.15) is 17.8 Å². The van der Waals surface area contributed by atoms with Gasteiger partial charge in [0.25, 0.3) is 0 Å². The first-order valence-electron chi connectivity index (χ1n) is 10.8. The first-order chi connectivity index (χ1) is 15.3. The topological polar surface area (TPSA) is 90.4 Å². The van der Waals surface area contributed by atoms with Crippen LogP contribution in [-0.2, 0) is 0 Å². The van der Waals surface area contributed by atoms with Crippen molar-refractivity contribution in [2.24, 2.45) is 0 Å². The summed E-state index contributed by atoms with van der Waals surface area (Å²) in [5, 5.41) is 8.65. The molecule has 0 spiro atoms. The Morgan fingerprint density at radius 2 is 1.87 bits per heavy atom. The van der Waals surface area contributed by atoms with Gasteiger partial charge in [-0.15, -0.1) is 10.2 Å². The number of fused-ring (bicyclic) bond motifs is 3. The van der Waals surface area contributed by atoms with Crippen molar-refractivity contribution in [1.82, 2.24) is 39.3 Å². The molecule has 4 aromatic rings. The zero-order chi connectivity index (χ0) is 20.8. The smallest absolute Gasteiger partial charge is 0.237 e. The number of aromatic nitrogens is 8. The van der Waals surface area contributed by atoms with Crippen molar-refractivity contribution in [3.63, 3.8) is 0 Å². The molecule has 9 heteroatoms. The Bertz CT molecular complexity index is 1210. The molecule has 1 aliphatic carbocycles. The number of pyridine rings is 1. The lowest BCUT2D eigenvalue weighted by atomic mass is 10.0. The number of rotatable bonds is 4. The van der Waals surface area contributed by atoms with Gasteiger partial charge in [-0.1, -0.05) is 19.8 Å². The fourth-order valence-electron chi connectivity index (χ4n) is 4.93. The number of hydrogen-bond donors (Lipinski definition) is 0. The van der Waals surface area contributed by atoms with Gasteiger partial charge in [-0.05, 0) is 31.4 Å². The van der Waals surface area contributed by atoms with Crippen LogP contribution in [0, 0.1) is 0 Å². The minimum absolute atomic E-state index is 0.156. The van der Waals surface area contributed by atoms with E-state index in [4.69, 9.17) is 9.97 Å². The lowest BCUT2D eigenvalue weighted by Crippen LogP contribution is -2.42. The molecule has 0 amide bonds. The van der Waals surface area contributed by atoms with Crippen LogP contribution in [-0.4, -0.2) is 45.3 Å². The Kier molecular flexibility index (Phi) is 4.26. The summed E-state index contributed by atoms with van der Waals surface area (Å²) in [6, 6.07) is 4.50. The molecule has 1 fully saturated rings. The Labute approximate surface area is 179 Å². The van der Waals surface area contributed by atoms with Crippen LogP contribution in [0.2, 0.25) is 0 Å². The number of nitrogens with zero attached hydrogens (tertiary/aromatic N) is 9. The summed E-state index contributed by atoms with van der Waals surface area (Å²) in [5.41, 5.74) is 1.91. The van der Waals surface area contributed by atoms with Crippen LogP contribution >= 0.6 is 0 Å². The van der Waals surface area contributed by atoms with E-state index in [1.807, 2.05) is 33.7 Å². The summed E-state index contributed by atoms with van der Waals surface area (Å²) < 4.78 is 3.97. The van der Waals surface area contributed by atoms with Crippen LogP contribution in [0.5, 0.6) is 0 Å². The number of imidazole rings is 1. The quantitative estimate of drug-likeness (QED) is 0.505. The SMILES string of the molecule is CCC1c2nncn2-c2cnc(-n3ccnc3-c3ccncc3)nc2N1C1CCCC1. The molecule has 31 heavy (non-hydrogen) atoms. The van der Waals surface area contributed by atoms with Gasteiger partial charge in [-0.2, -0.15) is 4.98 Å². The fourth-order valence-corrected chi connectivity index (χ4v) is 4.93. The first-order valence-corrected chi connectivity index (χ1v) is 10.8. The summed E-state index contributed by atoms with van der Waals surface area (Å²) in [4.78, 5) is 20.9. The summed E-state index contributed by atoms with van der Waals surface area (Å²) in [5.74, 6) is 3.32. The molecule has 1 unspecified atom stereocenters. The molecule has 6 rings (SSSR count). The zero-order valence-electron chi connectivity index (χ0n) is 17.3. The molecule has 2 aliphatic rings. The van der Waals surface area contributed by atoms with Crippen LogP contribution in [0.3, 0.4) is 0 Å². The van der Waals surface area contributed by atoms with Crippen LogP contribution in [0.25, 0.3) is 23.0 Å². The maximum absolute atomic E-state index is 5.09. The lowest BCUT2D eigenvalue weighted by Gasteiger charge is -2.40. The van der Waals surface area contributed by atoms with E-state index in [1.54, 1.807) is 24.9 Å². The first kappa shape index (κ1) is 18.2. The van der Waals surface area contributed by atoms with Gasteiger partial charge < -0.3 is 4.90 Å². The molecule has 156 valence electrons.